The van der Waals surface area contributed by atoms with E-state index >= 15 is 0 Å². The first-order valence-corrected chi connectivity index (χ1v) is 8.08. The maximum absolute atomic E-state index is 11.6. The highest BCUT2D eigenvalue weighted by Crippen LogP contribution is 2.08. The van der Waals surface area contributed by atoms with Crippen LogP contribution in [0, 0.1) is 0 Å². The van der Waals surface area contributed by atoms with Gasteiger partial charge in [-0.1, -0.05) is 33.3 Å². The minimum absolute atomic E-state index is 0.0967. The van der Waals surface area contributed by atoms with Crippen LogP contribution in [-0.4, -0.2) is 37.2 Å². The highest BCUT2D eigenvalue weighted by molar-refractivity contribution is 5.86. The largest absolute Gasteiger partial charge is 0.466 e. The smallest absolute Gasteiger partial charge is 0.333 e. The number of ether oxygens (including phenoxy) is 3. The maximum Gasteiger partial charge on any atom is 0.333 e. The fourth-order valence-corrected chi connectivity index (χ4v) is 1.63. The fourth-order valence-electron chi connectivity index (χ4n) is 1.63. The van der Waals surface area contributed by atoms with Gasteiger partial charge in [-0.3, -0.25) is 9.59 Å². The van der Waals surface area contributed by atoms with Gasteiger partial charge >= 0.3 is 17.9 Å². The molecule has 132 valence electrons. The van der Waals surface area contributed by atoms with Gasteiger partial charge in [0.05, 0.1) is 6.61 Å². The third kappa shape index (κ3) is 11.4. The Labute approximate surface area is 138 Å². The van der Waals surface area contributed by atoms with E-state index in [0.717, 1.165) is 19.3 Å². The maximum atomic E-state index is 11.6. The Bertz CT molecular complexity index is 402. The Hall–Kier alpha value is -1.85. The summed E-state index contributed by atoms with van der Waals surface area (Å²) in [6.45, 7) is 9.05. The SMILES string of the molecule is C=C(C)C(=O)OCC(CCC(=O)OCCCCC)OC(=O)CC. The van der Waals surface area contributed by atoms with Crippen LogP contribution in [0.4, 0.5) is 0 Å². The number of hydrogen-bond acceptors (Lipinski definition) is 6. The molecule has 23 heavy (non-hydrogen) atoms. The van der Waals surface area contributed by atoms with Crippen LogP contribution < -0.4 is 0 Å². The summed E-state index contributed by atoms with van der Waals surface area (Å²) in [4.78, 5) is 34.4. The van der Waals surface area contributed by atoms with Gasteiger partial charge in [-0.05, 0) is 19.8 Å². The van der Waals surface area contributed by atoms with E-state index in [-0.39, 0.29) is 37.4 Å². The molecule has 0 aromatic carbocycles. The number of esters is 3. The monoisotopic (exact) mass is 328 g/mol. The molecule has 1 atom stereocenters. The Balaban J connectivity index is 4.24. The molecule has 0 N–H and O–H groups in total. The van der Waals surface area contributed by atoms with E-state index in [1.165, 1.54) is 6.92 Å². The average Bonchev–Trinajstić information content (AvgIpc) is 2.53. The van der Waals surface area contributed by atoms with Crippen LogP contribution in [0.15, 0.2) is 12.2 Å². The Kier molecular flexibility index (Phi) is 11.7. The third-order valence-electron chi connectivity index (χ3n) is 3.02. The van der Waals surface area contributed by atoms with Crippen LogP contribution in [0.5, 0.6) is 0 Å². The minimum Gasteiger partial charge on any atom is -0.466 e. The zero-order chi connectivity index (χ0) is 17.7. The van der Waals surface area contributed by atoms with E-state index in [4.69, 9.17) is 14.2 Å². The molecule has 0 heterocycles. The molecule has 0 aliphatic heterocycles. The molecule has 0 aromatic heterocycles. The molecule has 6 nitrogen and oxygen atoms in total. The summed E-state index contributed by atoms with van der Waals surface area (Å²) < 4.78 is 15.2. The van der Waals surface area contributed by atoms with Crippen LogP contribution in [0.3, 0.4) is 0 Å². The van der Waals surface area contributed by atoms with Crippen molar-refractivity contribution in [3.63, 3.8) is 0 Å². The second kappa shape index (κ2) is 12.7. The minimum atomic E-state index is -0.658. The third-order valence-corrected chi connectivity index (χ3v) is 3.02. The molecule has 0 spiro atoms. The van der Waals surface area contributed by atoms with Gasteiger partial charge in [0.2, 0.25) is 0 Å². The van der Waals surface area contributed by atoms with Gasteiger partial charge in [0.1, 0.15) is 12.7 Å². The first kappa shape index (κ1) is 21.1. The van der Waals surface area contributed by atoms with Crippen LogP contribution in [0.1, 0.15) is 59.3 Å². The predicted octanol–water partition coefficient (Wildman–Crippen LogP) is 2.94. The van der Waals surface area contributed by atoms with Crippen molar-refractivity contribution in [2.75, 3.05) is 13.2 Å². The lowest BCUT2D eigenvalue weighted by Crippen LogP contribution is -2.26. The molecule has 1 unspecified atom stereocenters. The second-order valence-electron chi connectivity index (χ2n) is 5.31. The molecule has 0 bridgehead atoms. The lowest BCUT2D eigenvalue weighted by molar-refractivity contribution is -0.159. The van der Waals surface area contributed by atoms with Gasteiger partial charge in [0.15, 0.2) is 0 Å². The van der Waals surface area contributed by atoms with Crippen molar-refractivity contribution >= 4 is 17.9 Å². The zero-order valence-corrected chi connectivity index (χ0v) is 14.4. The van der Waals surface area contributed by atoms with E-state index in [1.807, 2.05) is 0 Å². The van der Waals surface area contributed by atoms with E-state index in [1.54, 1.807) is 6.92 Å². The molecule has 0 aliphatic carbocycles. The number of unbranched alkanes of at least 4 members (excludes halogenated alkanes) is 2. The van der Waals surface area contributed by atoms with Gasteiger partial charge in [-0.15, -0.1) is 0 Å². The van der Waals surface area contributed by atoms with Gasteiger partial charge in [0.25, 0.3) is 0 Å². The van der Waals surface area contributed by atoms with Gasteiger partial charge in [0, 0.05) is 18.4 Å². The Morgan fingerprint density at radius 3 is 2.30 bits per heavy atom. The van der Waals surface area contributed by atoms with Crippen molar-refractivity contribution in [3.8, 4) is 0 Å². The fraction of sp³-hybridized carbons (Fsp3) is 0.706. The first-order valence-electron chi connectivity index (χ1n) is 8.08. The molecule has 0 fully saturated rings. The molecule has 6 heteroatoms. The van der Waals surface area contributed by atoms with Crippen LogP contribution >= 0.6 is 0 Å². The summed E-state index contributed by atoms with van der Waals surface area (Å²) >= 11 is 0. The quantitative estimate of drug-likeness (QED) is 0.237. The molecule has 0 saturated heterocycles. The summed E-state index contributed by atoms with van der Waals surface area (Å²) in [6.07, 6.45) is 2.83. The molecule has 0 radical (unpaired) electrons. The first-order chi connectivity index (χ1) is 10.9. The molecule has 0 rings (SSSR count). The molecular weight excluding hydrogens is 300 g/mol. The van der Waals surface area contributed by atoms with Crippen LogP contribution in [0.2, 0.25) is 0 Å². The summed E-state index contributed by atoms with van der Waals surface area (Å²) in [5.41, 5.74) is 0.265. The molecule has 0 amide bonds. The van der Waals surface area contributed by atoms with Gasteiger partial charge in [-0.25, -0.2) is 4.79 Å². The Morgan fingerprint density at radius 1 is 1.04 bits per heavy atom. The second-order valence-corrected chi connectivity index (χ2v) is 5.31. The zero-order valence-electron chi connectivity index (χ0n) is 14.4. The van der Waals surface area contributed by atoms with Crippen molar-refractivity contribution < 1.29 is 28.6 Å². The van der Waals surface area contributed by atoms with Gasteiger partial charge < -0.3 is 14.2 Å². The van der Waals surface area contributed by atoms with Crippen LogP contribution in [-0.2, 0) is 28.6 Å². The highest BCUT2D eigenvalue weighted by Gasteiger charge is 2.18. The van der Waals surface area contributed by atoms with E-state index in [0.29, 0.717) is 6.61 Å². The van der Waals surface area contributed by atoms with E-state index in [2.05, 4.69) is 13.5 Å². The van der Waals surface area contributed by atoms with Crippen molar-refractivity contribution in [1.29, 1.82) is 0 Å². The lowest BCUT2D eigenvalue weighted by atomic mass is 10.2. The number of carbonyl (C=O) groups is 3. The highest BCUT2D eigenvalue weighted by atomic mass is 16.6. The molecule has 0 saturated carbocycles. The average molecular weight is 328 g/mol. The number of carbonyl (C=O) groups excluding carboxylic acids is 3. The predicted molar refractivity (Wildman–Crippen MR) is 85.7 cm³/mol. The van der Waals surface area contributed by atoms with Crippen molar-refractivity contribution in [1.82, 2.24) is 0 Å². The molecular formula is C17H28O6. The number of hydrogen-bond donors (Lipinski definition) is 0. The summed E-state index contributed by atoms with van der Waals surface area (Å²) in [5, 5.41) is 0. The van der Waals surface area contributed by atoms with E-state index in [9.17, 15) is 14.4 Å². The molecule has 0 aromatic rings. The van der Waals surface area contributed by atoms with Crippen molar-refractivity contribution in [2.45, 2.75) is 65.4 Å². The van der Waals surface area contributed by atoms with E-state index < -0.39 is 18.0 Å². The Morgan fingerprint density at radius 2 is 1.74 bits per heavy atom. The van der Waals surface area contributed by atoms with Crippen LogP contribution in [0.25, 0.3) is 0 Å². The standard InChI is InChI=1S/C17H28O6/c1-5-7-8-11-21-16(19)10-9-14(23-15(18)6-2)12-22-17(20)13(3)4/h14H,3,5-12H2,1-2,4H3. The summed E-state index contributed by atoms with van der Waals surface area (Å²) in [5.74, 6) is -1.30. The van der Waals surface area contributed by atoms with Crippen molar-refractivity contribution in [3.05, 3.63) is 12.2 Å². The number of rotatable bonds is 12. The lowest BCUT2D eigenvalue weighted by Gasteiger charge is -2.17. The summed E-state index contributed by atoms with van der Waals surface area (Å²) in [6, 6.07) is 0. The topological polar surface area (TPSA) is 78.9 Å². The normalized spacial score (nSPS) is 11.4. The molecule has 0 aliphatic rings. The van der Waals surface area contributed by atoms with Gasteiger partial charge in [-0.2, -0.15) is 0 Å². The summed E-state index contributed by atoms with van der Waals surface area (Å²) in [7, 11) is 0. The van der Waals surface area contributed by atoms with Crippen molar-refractivity contribution in [2.24, 2.45) is 0 Å².